The number of allylic oxidation sites excluding steroid dienone is 2. The van der Waals surface area contributed by atoms with Crippen LogP contribution in [0.2, 0.25) is 0 Å². The molecule has 1 unspecified atom stereocenters. The average molecular weight is 365 g/mol. The summed E-state index contributed by atoms with van der Waals surface area (Å²) in [5.74, 6) is 0.544. The molecule has 2 aliphatic heterocycles. The van der Waals surface area contributed by atoms with Crippen LogP contribution in [0.5, 0.6) is 0 Å². The van der Waals surface area contributed by atoms with Crippen LogP contribution in [-0.2, 0) is 4.74 Å². The van der Waals surface area contributed by atoms with E-state index in [9.17, 15) is 0 Å². The third-order valence-electron chi connectivity index (χ3n) is 5.91. The third kappa shape index (κ3) is 3.71. The number of anilines is 2. The van der Waals surface area contributed by atoms with Crippen LogP contribution in [0.3, 0.4) is 0 Å². The highest BCUT2D eigenvalue weighted by Gasteiger charge is 2.47. The van der Waals surface area contributed by atoms with E-state index in [0.29, 0.717) is 24.2 Å². The average Bonchev–Trinajstić information content (AvgIpc) is 3.32. The van der Waals surface area contributed by atoms with Crippen LogP contribution in [0.1, 0.15) is 19.8 Å². The molecule has 0 bridgehead atoms. The van der Waals surface area contributed by atoms with E-state index < -0.39 is 0 Å². The second-order valence-corrected chi connectivity index (χ2v) is 7.61. The van der Waals surface area contributed by atoms with Gasteiger partial charge in [0.1, 0.15) is 6.17 Å². The summed E-state index contributed by atoms with van der Waals surface area (Å²) in [5, 5.41) is 12.4. The van der Waals surface area contributed by atoms with Crippen LogP contribution in [0.4, 0.5) is 17.1 Å². The first-order valence-corrected chi connectivity index (χ1v) is 9.75. The minimum absolute atomic E-state index is 0.352. The van der Waals surface area contributed by atoms with E-state index in [4.69, 9.17) is 10.00 Å². The number of morpholine rings is 1. The van der Waals surface area contributed by atoms with Gasteiger partial charge in [0.2, 0.25) is 0 Å². The van der Waals surface area contributed by atoms with Gasteiger partial charge in [0.05, 0.1) is 36.7 Å². The number of nitrogens with zero attached hydrogens (tertiary/aromatic N) is 4. The molecule has 3 aliphatic rings. The van der Waals surface area contributed by atoms with E-state index >= 15 is 0 Å². The molecule has 4 rings (SSSR count). The molecule has 0 amide bonds. The molecule has 6 nitrogen and oxygen atoms in total. The van der Waals surface area contributed by atoms with Gasteiger partial charge < -0.3 is 14.5 Å². The van der Waals surface area contributed by atoms with Gasteiger partial charge in [-0.1, -0.05) is 6.08 Å². The maximum atomic E-state index is 8.62. The molecule has 27 heavy (non-hydrogen) atoms. The molecular weight excluding hydrogens is 338 g/mol. The largest absolute Gasteiger partial charge is 0.378 e. The van der Waals surface area contributed by atoms with Gasteiger partial charge in [-0.25, -0.2) is 0 Å². The van der Waals surface area contributed by atoms with E-state index in [0.717, 1.165) is 50.5 Å². The van der Waals surface area contributed by atoms with Crippen molar-refractivity contribution in [1.29, 1.82) is 5.26 Å². The standard InChI is InChI=1S/C21H27N5O/c1-15-21(24-17-12-16(13-17)4-3-7-22)26(15)20-6-5-18(14-19(20)23-2)25-8-10-27-11-9-25/h3-6,14-17,21,24H,2,8-13H2,1H3/b4-3+/t15?,16?,17?,21-,26?/m0/s1. The number of nitrogens with one attached hydrogen (secondary N) is 1. The number of hydrogen-bond donors (Lipinski definition) is 1. The van der Waals surface area contributed by atoms with Gasteiger partial charge in [0.15, 0.2) is 0 Å². The summed E-state index contributed by atoms with van der Waals surface area (Å²) in [6, 6.07) is 9.56. The molecule has 3 fully saturated rings. The predicted octanol–water partition coefficient (Wildman–Crippen LogP) is 2.84. The molecule has 6 heteroatoms. The van der Waals surface area contributed by atoms with Crippen molar-refractivity contribution in [1.82, 2.24) is 5.32 Å². The lowest BCUT2D eigenvalue weighted by Gasteiger charge is -2.34. The number of hydrogen-bond acceptors (Lipinski definition) is 6. The highest BCUT2D eigenvalue weighted by Crippen LogP contribution is 2.43. The van der Waals surface area contributed by atoms with Crippen molar-refractivity contribution in [3.8, 4) is 6.07 Å². The summed E-state index contributed by atoms with van der Waals surface area (Å²) in [6.45, 7) is 9.43. The van der Waals surface area contributed by atoms with Crippen molar-refractivity contribution in [3.05, 3.63) is 30.4 Å². The van der Waals surface area contributed by atoms with Crippen molar-refractivity contribution < 1.29 is 4.74 Å². The van der Waals surface area contributed by atoms with Gasteiger partial charge in [-0.3, -0.25) is 10.3 Å². The Morgan fingerprint density at radius 3 is 2.81 bits per heavy atom. The fraction of sp³-hybridized carbons (Fsp3) is 0.524. The van der Waals surface area contributed by atoms with Crippen molar-refractivity contribution in [2.24, 2.45) is 10.9 Å². The van der Waals surface area contributed by atoms with E-state index in [1.807, 2.05) is 6.08 Å². The van der Waals surface area contributed by atoms with E-state index in [1.165, 1.54) is 5.69 Å². The summed E-state index contributed by atoms with van der Waals surface area (Å²) < 4.78 is 5.45. The Hall–Kier alpha value is -2.36. The summed E-state index contributed by atoms with van der Waals surface area (Å²) in [6.07, 6.45) is 6.20. The fourth-order valence-corrected chi connectivity index (χ4v) is 4.19. The van der Waals surface area contributed by atoms with Gasteiger partial charge in [-0.05, 0) is 50.6 Å². The van der Waals surface area contributed by atoms with Crippen LogP contribution in [0, 0.1) is 17.2 Å². The molecule has 1 aromatic carbocycles. The molecule has 2 heterocycles. The van der Waals surface area contributed by atoms with Gasteiger partial charge in [0.25, 0.3) is 0 Å². The minimum atomic E-state index is 0.352. The maximum absolute atomic E-state index is 8.62. The number of ether oxygens (including phenoxy) is 1. The first-order valence-electron chi connectivity index (χ1n) is 9.75. The summed E-state index contributed by atoms with van der Waals surface area (Å²) in [5.41, 5.74) is 3.28. The minimum Gasteiger partial charge on any atom is -0.378 e. The van der Waals surface area contributed by atoms with Gasteiger partial charge in [0, 0.05) is 30.9 Å². The lowest BCUT2D eigenvalue weighted by atomic mass is 9.80. The van der Waals surface area contributed by atoms with E-state index in [-0.39, 0.29) is 0 Å². The lowest BCUT2D eigenvalue weighted by Crippen LogP contribution is -2.43. The number of rotatable bonds is 6. The quantitative estimate of drug-likeness (QED) is 0.477. The molecule has 0 aromatic heterocycles. The topological polar surface area (TPSA) is 63.7 Å². The second kappa shape index (κ2) is 7.71. The van der Waals surface area contributed by atoms with E-state index in [1.54, 1.807) is 6.08 Å². The SMILES string of the molecule is C=Nc1cc(N2CCOCC2)ccc1N1C(C)[C@H]1NC1CC(/C=C/C#N)C1. The van der Waals surface area contributed by atoms with Crippen molar-refractivity contribution >= 4 is 23.8 Å². The van der Waals surface area contributed by atoms with Crippen LogP contribution in [0.25, 0.3) is 0 Å². The Balaban J connectivity index is 1.39. The maximum Gasteiger partial charge on any atom is 0.101 e. The molecule has 0 radical (unpaired) electrons. The fourth-order valence-electron chi connectivity index (χ4n) is 4.19. The van der Waals surface area contributed by atoms with E-state index in [2.05, 4.69) is 58.0 Å². The van der Waals surface area contributed by atoms with Crippen LogP contribution >= 0.6 is 0 Å². The number of benzene rings is 1. The molecule has 1 aliphatic carbocycles. The zero-order valence-corrected chi connectivity index (χ0v) is 15.8. The highest BCUT2D eigenvalue weighted by molar-refractivity contribution is 5.77. The lowest BCUT2D eigenvalue weighted by molar-refractivity contribution is 0.122. The smallest absolute Gasteiger partial charge is 0.101 e. The molecular formula is C21H27N5O. The van der Waals surface area contributed by atoms with Gasteiger partial charge in [-0.2, -0.15) is 5.26 Å². The first-order chi connectivity index (χ1) is 13.2. The first kappa shape index (κ1) is 18.0. The summed E-state index contributed by atoms with van der Waals surface area (Å²) in [4.78, 5) is 9.02. The highest BCUT2D eigenvalue weighted by atomic mass is 16.5. The van der Waals surface area contributed by atoms with Gasteiger partial charge >= 0.3 is 0 Å². The third-order valence-corrected chi connectivity index (χ3v) is 5.91. The monoisotopic (exact) mass is 365 g/mol. The zero-order chi connectivity index (χ0) is 18.8. The Bertz CT molecular complexity index is 758. The molecule has 2 saturated heterocycles. The van der Waals surface area contributed by atoms with Crippen LogP contribution in [0.15, 0.2) is 35.3 Å². The molecule has 0 spiro atoms. The Labute approximate surface area is 161 Å². The van der Waals surface area contributed by atoms with Crippen molar-refractivity contribution in [2.45, 2.75) is 38.0 Å². The summed E-state index contributed by atoms with van der Waals surface area (Å²) in [7, 11) is 0. The number of aliphatic imine (C=N–C) groups is 1. The zero-order valence-electron chi connectivity index (χ0n) is 15.8. The summed E-state index contributed by atoms with van der Waals surface area (Å²) >= 11 is 0. The predicted molar refractivity (Wildman–Crippen MR) is 109 cm³/mol. The van der Waals surface area contributed by atoms with Crippen molar-refractivity contribution in [2.75, 3.05) is 36.1 Å². The number of nitriles is 1. The normalized spacial score (nSPS) is 30.1. The Morgan fingerprint density at radius 1 is 1.33 bits per heavy atom. The molecule has 1 aromatic rings. The van der Waals surface area contributed by atoms with Crippen LogP contribution in [-0.4, -0.2) is 51.3 Å². The molecule has 1 saturated carbocycles. The Kier molecular flexibility index (Phi) is 5.15. The second-order valence-electron chi connectivity index (χ2n) is 7.61. The molecule has 142 valence electrons. The van der Waals surface area contributed by atoms with Gasteiger partial charge in [-0.15, -0.1) is 0 Å². The Morgan fingerprint density at radius 2 is 2.11 bits per heavy atom. The van der Waals surface area contributed by atoms with Crippen molar-refractivity contribution in [3.63, 3.8) is 0 Å². The molecule has 1 N–H and O–H groups in total. The molecule has 2 atom stereocenters. The van der Waals surface area contributed by atoms with Crippen LogP contribution < -0.4 is 15.1 Å².